The summed E-state index contributed by atoms with van der Waals surface area (Å²) in [6.07, 6.45) is 0. The Morgan fingerprint density at radius 2 is 1.96 bits per heavy atom. The Balaban J connectivity index is 2.86. The van der Waals surface area contributed by atoms with Crippen molar-refractivity contribution < 1.29 is 9.90 Å². The van der Waals surface area contributed by atoms with Gasteiger partial charge in [0.2, 0.25) is 0 Å². The molecule has 2 N–H and O–H groups in total. The van der Waals surface area contributed by atoms with Crippen LogP contribution in [0.4, 0.5) is 0 Å². The molecule has 1 aromatic heterocycles. The lowest BCUT2D eigenvalue weighted by molar-refractivity contribution is 0.0690. The molecule has 5 nitrogen and oxygen atoms in total. The number of benzene rings is 1. The molecule has 0 aliphatic carbocycles. The Morgan fingerprint density at radius 3 is 2.48 bits per heavy atom. The number of carbonyl (C=O) groups is 1. The number of aromatic amines is 1. The van der Waals surface area contributed by atoms with E-state index in [1.54, 1.807) is 12.1 Å². The van der Waals surface area contributed by atoms with E-state index in [4.69, 9.17) is 0 Å². The number of carboxylic acids is 1. The fourth-order valence-corrected chi connectivity index (χ4v) is 2.64. The van der Waals surface area contributed by atoms with E-state index >= 15 is 0 Å². The Labute approximate surface area is 134 Å². The van der Waals surface area contributed by atoms with Crippen LogP contribution in [0.15, 0.2) is 16.9 Å². The Kier molecular flexibility index (Phi) is 4.13. The Hall–Kier alpha value is -2.83. The highest BCUT2D eigenvalue weighted by atomic mass is 28.3. The van der Waals surface area contributed by atoms with Crippen molar-refractivity contribution in [1.82, 2.24) is 4.98 Å². The molecule has 6 heteroatoms. The van der Waals surface area contributed by atoms with Crippen LogP contribution in [-0.4, -0.2) is 24.1 Å². The summed E-state index contributed by atoms with van der Waals surface area (Å²) in [5.74, 6) is 1.80. The monoisotopic (exact) mass is 324 g/mol. The van der Waals surface area contributed by atoms with E-state index in [1.165, 1.54) is 6.92 Å². The summed E-state index contributed by atoms with van der Waals surface area (Å²) >= 11 is 0. The zero-order valence-corrected chi connectivity index (χ0v) is 14.4. The molecule has 0 aliphatic rings. The fourth-order valence-electron chi connectivity index (χ4n) is 2.12. The highest BCUT2D eigenvalue weighted by molar-refractivity contribution is 6.83. The lowest BCUT2D eigenvalue weighted by Crippen LogP contribution is -2.17. The fraction of sp³-hybridized carbons (Fsp3) is 0.235. The Morgan fingerprint density at radius 1 is 1.30 bits per heavy atom. The number of nitrogens with one attached hydrogen (secondary N) is 1. The molecular weight excluding hydrogens is 308 g/mol. The molecule has 116 valence electrons. The van der Waals surface area contributed by atoms with Crippen LogP contribution >= 0.6 is 0 Å². The molecule has 1 aromatic carbocycles. The lowest BCUT2D eigenvalue weighted by Gasteiger charge is -2.07. The standard InChI is InChI=1S/C17H16N2O3Si/c1-10-14(17(21)22)19-15-12(9-18)7-11(5-6-23(2,3)4)8-13(15)16(10)20/h7-8H,1-4H3,(H,19,20)(H,21,22). The first-order valence-corrected chi connectivity index (χ1v) is 10.5. The number of carboxylic acid groups (broad SMARTS) is 1. The third kappa shape index (κ3) is 3.33. The van der Waals surface area contributed by atoms with Crippen LogP contribution in [0.1, 0.15) is 27.2 Å². The molecule has 0 unspecified atom stereocenters. The number of rotatable bonds is 1. The molecule has 0 saturated heterocycles. The summed E-state index contributed by atoms with van der Waals surface area (Å²) in [7, 11) is -1.59. The highest BCUT2D eigenvalue weighted by Crippen LogP contribution is 2.18. The summed E-state index contributed by atoms with van der Waals surface area (Å²) in [5.41, 5.74) is 3.75. The minimum Gasteiger partial charge on any atom is -0.477 e. The van der Waals surface area contributed by atoms with Crippen LogP contribution in [-0.2, 0) is 0 Å². The number of hydrogen-bond acceptors (Lipinski definition) is 3. The number of aromatic nitrogens is 1. The van der Waals surface area contributed by atoms with Crippen molar-refractivity contribution in [3.63, 3.8) is 0 Å². The average Bonchev–Trinajstić information content (AvgIpc) is 2.47. The predicted octanol–water partition coefficient (Wildman–Crippen LogP) is 2.64. The molecule has 0 bridgehead atoms. The van der Waals surface area contributed by atoms with Crippen LogP contribution in [0.3, 0.4) is 0 Å². The number of aromatic carboxylic acids is 1. The van der Waals surface area contributed by atoms with Gasteiger partial charge in [0.15, 0.2) is 5.43 Å². The average molecular weight is 324 g/mol. The lowest BCUT2D eigenvalue weighted by atomic mass is 10.0. The van der Waals surface area contributed by atoms with Gasteiger partial charge in [0, 0.05) is 16.5 Å². The summed E-state index contributed by atoms with van der Waals surface area (Å²) in [6.45, 7) is 7.75. The second-order valence-electron chi connectivity index (χ2n) is 6.32. The summed E-state index contributed by atoms with van der Waals surface area (Å²) in [4.78, 5) is 26.4. The minimum absolute atomic E-state index is 0.115. The van der Waals surface area contributed by atoms with E-state index in [9.17, 15) is 20.0 Å². The number of nitrogens with zero attached hydrogens (tertiary/aromatic N) is 1. The Bertz CT molecular complexity index is 980. The maximum atomic E-state index is 12.4. The summed E-state index contributed by atoms with van der Waals surface area (Å²) < 4.78 is 0. The predicted molar refractivity (Wildman–Crippen MR) is 91.2 cm³/mol. The van der Waals surface area contributed by atoms with Crippen molar-refractivity contribution >= 4 is 24.9 Å². The summed E-state index contributed by atoms with van der Waals surface area (Å²) in [6, 6.07) is 5.19. The van der Waals surface area contributed by atoms with Gasteiger partial charge in [-0.3, -0.25) is 4.79 Å². The van der Waals surface area contributed by atoms with Gasteiger partial charge in [0.05, 0.1) is 11.1 Å². The van der Waals surface area contributed by atoms with E-state index in [1.807, 2.05) is 6.07 Å². The molecule has 0 saturated carbocycles. The van der Waals surface area contributed by atoms with Crippen LogP contribution in [0.5, 0.6) is 0 Å². The zero-order valence-electron chi connectivity index (χ0n) is 13.4. The van der Waals surface area contributed by atoms with Gasteiger partial charge < -0.3 is 10.1 Å². The van der Waals surface area contributed by atoms with E-state index in [0.29, 0.717) is 5.56 Å². The number of pyridine rings is 1. The van der Waals surface area contributed by atoms with Gasteiger partial charge in [-0.05, 0) is 19.1 Å². The topological polar surface area (TPSA) is 93.9 Å². The molecule has 2 aromatic rings. The van der Waals surface area contributed by atoms with Gasteiger partial charge in [-0.25, -0.2) is 4.79 Å². The molecule has 0 spiro atoms. The van der Waals surface area contributed by atoms with E-state index in [0.717, 1.165) is 0 Å². The quantitative estimate of drug-likeness (QED) is 0.623. The van der Waals surface area contributed by atoms with Gasteiger partial charge in [0.25, 0.3) is 0 Å². The van der Waals surface area contributed by atoms with Gasteiger partial charge >= 0.3 is 5.97 Å². The minimum atomic E-state index is -1.59. The number of hydrogen-bond donors (Lipinski definition) is 2. The van der Waals surface area contributed by atoms with Crippen molar-refractivity contribution in [2.75, 3.05) is 0 Å². The molecule has 23 heavy (non-hydrogen) atoms. The third-order valence-electron chi connectivity index (χ3n) is 3.26. The van der Waals surface area contributed by atoms with Crippen molar-refractivity contribution in [3.8, 4) is 17.5 Å². The van der Waals surface area contributed by atoms with Crippen LogP contribution in [0.2, 0.25) is 19.6 Å². The number of nitriles is 1. The van der Waals surface area contributed by atoms with E-state index in [-0.39, 0.29) is 27.7 Å². The maximum Gasteiger partial charge on any atom is 0.352 e. The van der Waals surface area contributed by atoms with Crippen LogP contribution < -0.4 is 5.43 Å². The van der Waals surface area contributed by atoms with Crippen molar-refractivity contribution in [2.45, 2.75) is 26.6 Å². The maximum absolute atomic E-state index is 12.4. The molecular formula is C17H16N2O3Si. The van der Waals surface area contributed by atoms with E-state index in [2.05, 4.69) is 36.1 Å². The third-order valence-corrected chi connectivity index (χ3v) is 4.14. The molecule has 0 aliphatic heterocycles. The van der Waals surface area contributed by atoms with Gasteiger partial charge in [-0.15, -0.1) is 5.54 Å². The first-order valence-electron chi connectivity index (χ1n) is 7.01. The first kappa shape index (κ1) is 16.5. The van der Waals surface area contributed by atoms with Crippen molar-refractivity contribution in [3.05, 3.63) is 44.7 Å². The first-order chi connectivity index (χ1) is 10.6. The van der Waals surface area contributed by atoms with Crippen LogP contribution in [0.25, 0.3) is 10.9 Å². The number of fused-ring (bicyclic) bond motifs is 1. The molecule has 0 fully saturated rings. The molecule has 0 radical (unpaired) electrons. The van der Waals surface area contributed by atoms with Gasteiger partial charge in [0.1, 0.15) is 19.8 Å². The largest absolute Gasteiger partial charge is 0.477 e. The second-order valence-corrected chi connectivity index (χ2v) is 11.1. The molecule has 2 rings (SSSR count). The second kappa shape index (κ2) is 5.75. The van der Waals surface area contributed by atoms with Gasteiger partial charge in [-0.1, -0.05) is 25.6 Å². The summed E-state index contributed by atoms with van der Waals surface area (Å²) in [5, 5.41) is 18.8. The zero-order chi connectivity index (χ0) is 17.4. The van der Waals surface area contributed by atoms with Crippen LogP contribution in [0, 0.1) is 29.7 Å². The van der Waals surface area contributed by atoms with Crippen molar-refractivity contribution in [1.29, 1.82) is 5.26 Å². The molecule has 0 amide bonds. The highest BCUT2D eigenvalue weighted by Gasteiger charge is 2.16. The van der Waals surface area contributed by atoms with Gasteiger partial charge in [-0.2, -0.15) is 5.26 Å². The van der Waals surface area contributed by atoms with E-state index < -0.39 is 19.5 Å². The van der Waals surface area contributed by atoms with Crippen molar-refractivity contribution in [2.24, 2.45) is 0 Å². The SMILES string of the molecule is Cc1c(C(=O)O)[nH]c2c(C#N)cc(C#C[Si](C)(C)C)cc2c1=O. The number of H-pyrrole nitrogens is 1. The molecule has 1 heterocycles. The smallest absolute Gasteiger partial charge is 0.352 e. The molecule has 0 atom stereocenters. The normalized spacial score (nSPS) is 10.7.